The summed E-state index contributed by atoms with van der Waals surface area (Å²) in [6, 6.07) is 10.6. The van der Waals surface area contributed by atoms with Gasteiger partial charge in [0.25, 0.3) is 6.43 Å². The number of halogens is 2. The first-order chi connectivity index (χ1) is 10.6. The fraction of sp³-hybridized carbons (Fsp3) is 0.333. The molecule has 2 rings (SSSR count). The molecule has 0 aliphatic carbocycles. The van der Waals surface area contributed by atoms with Gasteiger partial charge in [0.05, 0.1) is 0 Å². The summed E-state index contributed by atoms with van der Waals surface area (Å²) in [5.74, 6) is 0.246. The summed E-state index contributed by atoms with van der Waals surface area (Å²) in [6.45, 7) is 2.34. The number of nitrogens with zero attached hydrogens (tertiary/aromatic N) is 3. The number of ether oxygens (including phenoxy) is 1. The van der Waals surface area contributed by atoms with Crippen LogP contribution >= 0.6 is 0 Å². The zero-order valence-electron chi connectivity index (χ0n) is 12.4. The first kappa shape index (κ1) is 15.9. The highest BCUT2D eigenvalue weighted by atomic mass is 19.3. The highest BCUT2D eigenvalue weighted by Crippen LogP contribution is 2.21. The Kier molecular flexibility index (Phi) is 5.46. The number of rotatable bonds is 7. The van der Waals surface area contributed by atoms with E-state index in [9.17, 15) is 8.78 Å². The van der Waals surface area contributed by atoms with E-state index in [-0.39, 0.29) is 18.2 Å². The van der Waals surface area contributed by atoms with Gasteiger partial charge in [0, 0.05) is 18.7 Å². The van der Waals surface area contributed by atoms with Crippen molar-refractivity contribution in [2.75, 3.05) is 13.2 Å². The maximum Gasteiger partial charge on any atom is 0.282 e. The van der Waals surface area contributed by atoms with E-state index in [4.69, 9.17) is 9.57 Å². The normalized spacial score (nSPS) is 11.8. The van der Waals surface area contributed by atoms with Crippen molar-refractivity contribution in [1.82, 2.24) is 9.78 Å². The summed E-state index contributed by atoms with van der Waals surface area (Å²) in [6.07, 6.45) is -2.63. The highest BCUT2D eigenvalue weighted by molar-refractivity contribution is 6.01. The number of aryl methyl sites for hydroxylation is 1. The molecule has 5 nitrogen and oxygen atoms in total. The molecule has 1 aromatic carbocycles. The van der Waals surface area contributed by atoms with Crippen molar-refractivity contribution in [3.63, 3.8) is 0 Å². The summed E-state index contributed by atoms with van der Waals surface area (Å²) in [7, 11) is 1.54. The zero-order valence-corrected chi connectivity index (χ0v) is 12.4. The number of hydrogen-bond acceptors (Lipinski definition) is 4. The third-order valence-corrected chi connectivity index (χ3v) is 2.85. The Labute approximate surface area is 127 Å². The van der Waals surface area contributed by atoms with Crippen LogP contribution in [0.15, 0.2) is 41.6 Å². The molecule has 0 aliphatic rings. The lowest BCUT2D eigenvalue weighted by molar-refractivity contribution is 0.145. The van der Waals surface area contributed by atoms with Gasteiger partial charge >= 0.3 is 0 Å². The van der Waals surface area contributed by atoms with E-state index in [1.54, 1.807) is 7.05 Å². The Morgan fingerprint density at radius 1 is 1.32 bits per heavy atom. The number of aromatic nitrogens is 2. The summed E-state index contributed by atoms with van der Waals surface area (Å²) in [5.41, 5.74) is 1.09. The van der Waals surface area contributed by atoms with Gasteiger partial charge in [0.2, 0.25) is 5.88 Å². The molecule has 0 saturated heterocycles. The molecular weight excluding hydrogens is 292 g/mol. The van der Waals surface area contributed by atoms with Gasteiger partial charge < -0.3 is 9.57 Å². The lowest BCUT2D eigenvalue weighted by Crippen LogP contribution is -2.15. The average Bonchev–Trinajstić information content (AvgIpc) is 2.90. The smallest absolute Gasteiger partial charge is 0.282 e. The second kappa shape index (κ2) is 7.53. The van der Waals surface area contributed by atoms with Crippen molar-refractivity contribution in [2.24, 2.45) is 12.2 Å². The van der Waals surface area contributed by atoms with Crippen LogP contribution < -0.4 is 4.74 Å². The van der Waals surface area contributed by atoms with Gasteiger partial charge in [-0.25, -0.2) is 13.5 Å². The molecule has 0 aliphatic heterocycles. The molecule has 0 amide bonds. The van der Waals surface area contributed by atoms with E-state index >= 15 is 0 Å². The van der Waals surface area contributed by atoms with Gasteiger partial charge in [-0.3, -0.25) is 0 Å². The molecule has 1 heterocycles. The second-order valence-corrected chi connectivity index (χ2v) is 4.44. The van der Waals surface area contributed by atoms with Crippen molar-refractivity contribution < 1.29 is 18.4 Å². The predicted octanol–water partition coefficient (Wildman–Crippen LogP) is 3.18. The minimum Gasteiger partial charge on any atom is -0.471 e. The third kappa shape index (κ3) is 4.03. The van der Waals surface area contributed by atoms with E-state index in [0.717, 1.165) is 5.56 Å². The molecule has 0 fully saturated rings. The minimum atomic E-state index is -2.63. The Morgan fingerprint density at radius 2 is 2.05 bits per heavy atom. The third-order valence-electron chi connectivity index (χ3n) is 2.85. The van der Waals surface area contributed by atoms with E-state index in [2.05, 4.69) is 10.3 Å². The molecule has 0 bridgehead atoms. The molecule has 7 heteroatoms. The van der Waals surface area contributed by atoms with Crippen molar-refractivity contribution in [1.29, 1.82) is 0 Å². The van der Waals surface area contributed by atoms with Crippen LogP contribution in [-0.4, -0.2) is 28.7 Å². The SMILES string of the molecule is CCON=C(COc1cc(C(F)F)nn1C)c1ccccc1. The minimum absolute atomic E-state index is 0.0895. The van der Waals surface area contributed by atoms with Gasteiger partial charge in [-0.15, -0.1) is 0 Å². The molecule has 0 atom stereocenters. The lowest BCUT2D eigenvalue weighted by Gasteiger charge is -2.08. The van der Waals surface area contributed by atoms with Gasteiger partial charge in [-0.1, -0.05) is 35.5 Å². The van der Waals surface area contributed by atoms with Crippen LogP contribution in [0.4, 0.5) is 8.78 Å². The van der Waals surface area contributed by atoms with Crippen LogP contribution in [0, 0.1) is 0 Å². The Balaban J connectivity index is 2.12. The predicted molar refractivity (Wildman–Crippen MR) is 78.3 cm³/mol. The lowest BCUT2D eigenvalue weighted by atomic mass is 10.1. The van der Waals surface area contributed by atoms with Crippen LogP contribution in [0.1, 0.15) is 24.6 Å². The van der Waals surface area contributed by atoms with Gasteiger partial charge in [-0.05, 0) is 6.92 Å². The van der Waals surface area contributed by atoms with Crippen LogP contribution in [-0.2, 0) is 11.9 Å². The number of benzene rings is 1. The van der Waals surface area contributed by atoms with Gasteiger partial charge in [0.1, 0.15) is 24.6 Å². The Bertz CT molecular complexity index is 627. The van der Waals surface area contributed by atoms with E-state index < -0.39 is 6.43 Å². The quantitative estimate of drug-likeness (QED) is 0.583. The first-order valence-corrected chi connectivity index (χ1v) is 6.81. The molecule has 118 valence electrons. The molecule has 0 N–H and O–H groups in total. The molecule has 2 aromatic rings. The van der Waals surface area contributed by atoms with Crippen LogP contribution in [0.25, 0.3) is 0 Å². The molecule has 1 aromatic heterocycles. The highest BCUT2D eigenvalue weighted by Gasteiger charge is 2.15. The van der Waals surface area contributed by atoms with Gasteiger partial charge in [-0.2, -0.15) is 5.10 Å². The molecule has 0 radical (unpaired) electrons. The summed E-state index contributed by atoms with van der Waals surface area (Å²) in [4.78, 5) is 5.08. The van der Waals surface area contributed by atoms with Crippen LogP contribution in [0.3, 0.4) is 0 Å². The Morgan fingerprint density at radius 3 is 2.64 bits per heavy atom. The largest absolute Gasteiger partial charge is 0.471 e. The zero-order chi connectivity index (χ0) is 15.9. The molecule has 0 spiro atoms. The standard InChI is InChI=1S/C15H17F2N3O2/c1-3-22-19-13(11-7-5-4-6-8-11)10-21-14-9-12(15(16)17)18-20(14)2/h4-9,15H,3,10H2,1-2H3. The maximum absolute atomic E-state index is 12.6. The topological polar surface area (TPSA) is 48.6 Å². The van der Waals surface area contributed by atoms with Crippen LogP contribution in [0.2, 0.25) is 0 Å². The van der Waals surface area contributed by atoms with Crippen molar-refractivity contribution in [2.45, 2.75) is 13.3 Å². The Hall–Kier alpha value is -2.44. The van der Waals surface area contributed by atoms with Crippen molar-refractivity contribution in [3.05, 3.63) is 47.7 Å². The summed E-state index contributed by atoms with van der Waals surface area (Å²) < 4.78 is 32.0. The summed E-state index contributed by atoms with van der Waals surface area (Å²) in [5, 5.41) is 7.71. The average molecular weight is 309 g/mol. The molecule has 0 saturated carbocycles. The number of oxime groups is 1. The maximum atomic E-state index is 12.6. The molecule has 22 heavy (non-hydrogen) atoms. The van der Waals surface area contributed by atoms with Crippen molar-refractivity contribution in [3.8, 4) is 5.88 Å². The van der Waals surface area contributed by atoms with E-state index in [1.165, 1.54) is 10.7 Å². The van der Waals surface area contributed by atoms with Gasteiger partial charge in [0.15, 0.2) is 0 Å². The molecular formula is C15H17F2N3O2. The fourth-order valence-electron chi connectivity index (χ4n) is 1.79. The van der Waals surface area contributed by atoms with Crippen molar-refractivity contribution >= 4 is 5.71 Å². The van der Waals surface area contributed by atoms with E-state index in [0.29, 0.717) is 12.3 Å². The monoisotopic (exact) mass is 309 g/mol. The summed E-state index contributed by atoms with van der Waals surface area (Å²) >= 11 is 0. The first-order valence-electron chi connectivity index (χ1n) is 6.81. The van der Waals surface area contributed by atoms with E-state index in [1.807, 2.05) is 37.3 Å². The number of hydrogen-bond donors (Lipinski definition) is 0. The second-order valence-electron chi connectivity index (χ2n) is 4.44. The molecule has 0 unspecified atom stereocenters. The fourth-order valence-corrected chi connectivity index (χ4v) is 1.79. The van der Waals surface area contributed by atoms with Crippen LogP contribution in [0.5, 0.6) is 5.88 Å². The number of alkyl halides is 2.